The van der Waals surface area contributed by atoms with Gasteiger partial charge in [-0.15, -0.1) is 0 Å². The van der Waals surface area contributed by atoms with Gasteiger partial charge in [0.1, 0.15) is 0 Å². The zero-order valence-corrected chi connectivity index (χ0v) is 4.66. The van der Waals surface area contributed by atoms with E-state index in [-0.39, 0.29) is 0 Å². The molecule has 0 aromatic heterocycles. The molecule has 0 fully saturated rings. The van der Waals surface area contributed by atoms with Gasteiger partial charge < -0.3 is 15.3 Å². The van der Waals surface area contributed by atoms with Gasteiger partial charge >= 0.3 is 11.9 Å². The first-order chi connectivity index (χ1) is 6.39. The molecular formula is C5H8O5. The van der Waals surface area contributed by atoms with E-state index in [0.29, 0.717) is 0 Å². The Morgan fingerprint density at radius 1 is 1.60 bits per heavy atom. The van der Waals surface area contributed by atoms with Gasteiger partial charge in [0.25, 0.3) is 0 Å². The molecule has 0 bridgehead atoms. The Morgan fingerprint density at radius 3 is 2.40 bits per heavy atom. The van der Waals surface area contributed by atoms with E-state index in [4.69, 9.17) is 22.2 Å². The molecule has 58 valence electrons. The molecule has 0 spiro atoms. The van der Waals surface area contributed by atoms with Crippen molar-refractivity contribution < 1.29 is 31.8 Å². The standard InChI is InChI=1S/C5H8O5/c6-3(5(9)10)1-2-4(7)8/h3,6H,1-2H2,(H,7,8)(H,9,10)/t3-/m0/s1/i1D2,2D2,3D. The van der Waals surface area contributed by atoms with E-state index in [1.54, 1.807) is 0 Å². The molecule has 10 heavy (non-hydrogen) atoms. The summed E-state index contributed by atoms with van der Waals surface area (Å²) in [5.74, 6) is -4.68. The maximum Gasteiger partial charge on any atom is 0.332 e. The van der Waals surface area contributed by atoms with E-state index < -0.39 is 30.8 Å². The number of rotatable bonds is 4. The lowest BCUT2D eigenvalue weighted by atomic mass is 10.2. The lowest BCUT2D eigenvalue weighted by Gasteiger charge is -2.00. The van der Waals surface area contributed by atoms with Crippen LogP contribution in [0.3, 0.4) is 0 Å². The Labute approximate surface area is 63.9 Å². The monoisotopic (exact) mass is 153 g/mol. The van der Waals surface area contributed by atoms with Crippen LogP contribution in [0.25, 0.3) is 0 Å². The average Bonchev–Trinajstić information content (AvgIpc) is 2.02. The van der Waals surface area contributed by atoms with E-state index in [1.165, 1.54) is 0 Å². The molecule has 0 rings (SSSR count). The molecule has 0 saturated carbocycles. The molecule has 0 aliphatic heterocycles. The molecule has 0 saturated heterocycles. The van der Waals surface area contributed by atoms with Gasteiger partial charge in [-0.25, -0.2) is 4.79 Å². The first-order valence-electron chi connectivity index (χ1n) is 4.58. The highest BCUT2D eigenvalue weighted by Gasteiger charge is 2.13. The van der Waals surface area contributed by atoms with Crippen LogP contribution in [0.2, 0.25) is 0 Å². The third-order valence-electron chi connectivity index (χ3n) is 0.490. The number of carboxylic acids is 2. The lowest BCUT2D eigenvalue weighted by molar-refractivity contribution is -0.147. The zero-order chi connectivity index (χ0) is 12.7. The molecule has 0 heterocycles. The summed E-state index contributed by atoms with van der Waals surface area (Å²) < 4.78 is 34.0. The predicted octanol–water partition coefficient (Wildman–Crippen LogP) is -0.703. The molecule has 5 nitrogen and oxygen atoms in total. The second-order valence-corrected chi connectivity index (χ2v) is 1.21. The Hall–Kier alpha value is -1.10. The summed E-state index contributed by atoms with van der Waals surface area (Å²) in [7, 11) is 0. The summed E-state index contributed by atoms with van der Waals surface area (Å²) in [4.78, 5) is 20.6. The van der Waals surface area contributed by atoms with Crippen LogP contribution >= 0.6 is 0 Å². The van der Waals surface area contributed by atoms with Crippen LogP contribution in [0, 0.1) is 0 Å². The third kappa shape index (κ3) is 3.85. The number of hydrogen-bond acceptors (Lipinski definition) is 3. The van der Waals surface area contributed by atoms with Crippen molar-refractivity contribution in [2.24, 2.45) is 0 Å². The third-order valence-corrected chi connectivity index (χ3v) is 0.490. The molecule has 0 aromatic carbocycles. The van der Waals surface area contributed by atoms with Crippen LogP contribution in [0.5, 0.6) is 0 Å². The molecular weight excluding hydrogens is 140 g/mol. The van der Waals surface area contributed by atoms with Crippen LogP contribution in [-0.2, 0) is 9.59 Å². The van der Waals surface area contributed by atoms with Gasteiger partial charge in [-0.05, 0) is 6.37 Å². The van der Waals surface area contributed by atoms with Gasteiger partial charge in [-0.1, -0.05) is 0 Å². The van der Waals surface area contributed by atoms with E-state index in [2.05, 4.69) is 0 Å². The van der Waals surface area contributed by atoms with Crippen molar-refractivity contribution in [2.45, 2.75) is 18.8 Å². The smallest absolute Gasteiger partial charge is 0.332 e. The number of aliphatic hydroxyl groups is 1. The summed E-state index contributed by atoms with van der Waals surface area (Å²) in [6.45, 7) is 0. The Morgan fingerprint density at radius 2 is 2.10 bits per heavy atom. The summed E-state index contributed by atoms with van der Waals surface area (Å²) in [5, 5.41) is 25.5. The predicted molar refractivity (Wildman–Crippen MR) is 30.5 cm³/mol. The average molecular weight is 153 g/mol. The fraction of sp³-hybridized carbons (Fsp3) is 0.600. The number of carboxylic acid groups (broad SMARTS) is 2. The van der Waals surface area contributed by atoms with E-state index in [0.717, 1.165) is 0 Å². The molecule has 3 N–H and O–H groups in total. The largest absolute Gasteiger partial charge is 0.481 e. The van der Waals surface area contributed by atoms with E-state index in [9.17, 15) is 9.59 Å². The summed E-state index contributed by atoms with van der Waals surface area (Å²) in [6.07, 6.45) is -11.4. The Balaban J connectivity index is 5.50. The van der Waals surface area contributed by atoms with Crippen molar-refractivity contribution in [3.8, 4) is 0 Å². The molecule has 0 unspecified atom stereocenters. The summed E-state index contributed by atoms with van der Waals surface area (Å²) >= 11 is 0. The molecule has 1 atom stereocenters. The van der Waals surface area contributed by atoms with Crippen LogP contribution in [0.4, 0.5) is 0 Å². The minimum absolute atomic E-state index is 2.31. The van der Waals surface area contributed by atoms with Crippen molar-refractivity contribution in [3.05, 3.63) is 0 Å². The zero-order valence-electron chi connectivity index (χ0n) is 9.66. The van der Waals surface area contributed by atoms with Crippen LogP contribution in [0.1, 0.15) is 19.6 Å². The van der Waals surface area contributed by atoms with Crippen molar-refractivity contribution in [3.63, 3.8) is 0 Å². The van der Waals surface area contributed by atoms with E-state index >= 15 is 0 Å². The van der Waals surface area contributed by atoms with Crippen LogP contribution < -0.4 is 0 Å². The molecule has 0 amide bonds. The first-order valence-corrected chi connectivity index (χ1v) is 2.08. The van der Waals surface area contributed by atoms with Gasteiger partial charge in [0.05, 0.1) is 1.37 Å². The topological polar surface area (TPSA) is 94.8 Å². The SMILES string of the molecule is [2H]C([2H])(C(=O)O)C([2H])([2H])[C@]([2H])(O)C(=O)O. The summed E-state index contributed by atoms with van der Waals surface area (Å²) in [5.41, 5.74) is 0. The van der Waals surface area contributed by atoms with Crippen LogP contribution in [-0.4, -0.2) is 33.3 Å². The highest BCUT2D eigenvalue weighted by molar-refractivity contribution is 5.73. The fourth-order valence-corrected chi connectivity index (χ4v) is 0.166. The maximum atomic E-state index is 10.3. The normalized spacial score (nSPS) is 25.9. The number of hydrogen-bond donors (Lipinski definition) is 3. The molecule has 0 radical (unpaired) electrons. The quantitative estimate of drug-likeness (QED) is 0.496. The van der Waals surface area contributed by atoms with E-state index in [1.807, 2.05) is 0 Å². The Kier molecular flexibility index (Phi) is 1.28. The molecule has 5 heteroatoms. The number of aliphatic carboxylic acids is 2. The van der Waals surface area contributed by atoms with Crippen molar-refractivity contribution in [1.29, 1.82) is 0 Å². The minimum Gasteiger partial charge on any atom is -0.481 e. The molecule has 0 aliphatic rings. The van der Waals surface area contributed by atoms with Crippen LogP contribution in [0.15, 0.2) is 0 Å². The highest BCUT2D eigenvalue weighted by atomic mass is 16.4. The van der Waals surface area contributed by atoms with Gasteiger partial charge in [0, 0.05) is 11.9 Å². The highest BCUT2D eigenvalue weighted by Crippen LogP contribution is 1.95. The van der Waals surface area contributed by atoms with Gasteiger partial charge in [0.2, 0.25) is 0 Å². The van der Waals surface area contributed by atoms with Gasteiger partial charge in [-0.3, -0.25) is 4.79 Å². The molecule has 0 aliphatic carbocycles. The first kappa shape index (κ1) is 3.34. The van der Waals surface area contributed by atoms with Gasteiger partial charge in [0.15, 0.2) is 6.08 Å². The molecule has 0 aromatic rings. The maximum absolute atomic E-state index is 10.3. The van der Waals surface area contributed by atoms with Gasteiger partial charge in [-0.2, -0.15) is 0 Å². The van der Waals surface area contributed by atoms with Crippen molar-refractivity contribution in [1.82, 2.24) is 0 Å². The second-order valence-electron chi connectivity index (χ2n) is 1.21. The van der Waals surface area contributed by atoms with Crippen molar-refractivity contribution >= 4 is 11.9 Å². The Bertz CT molecular complexity index is 270. The minimum atomic E-state index is -3.89. The number of carbonyl (C=O) groups is 2. The second kappa shape index (κ2) is 3.84. The van der Waals surface area contributed by atoms with Crippen molar-refractivity contribution in [2.75, 3.05) is 0 Å². The summed E-state index contributed by atoms with van der Waals surface area (Å²) in [6, 6.07) is 0. The lowest BCUT2D eigenvalue weighted by Crippen LogP contribution is -2.20. The fourth-order valence-electron chi connectivity index (χ4n) is 0.166.